The Morgan fingerprint density at radius 3 is 2.31 bits per heavy atom. The van der Waals surface area contributed by atoms with Crippen molar-refractivity contribution in [3.63, 3.8) is 0 Å². The van der Waals surface area contributed by atoms with Gasteiger partial charge in [-0.2, -0.15) is 0 Å². The fraction of sp³-hybridized carbons (Fsp3) is 0.250. The Bertz CT molecular complexity index is 948. The van der Waals surface area contributed by atoms with Crippen LogP contribution in [-0.2, 0) is 6.54 Å². The zero-order valence-corrected chi connectivity index (χ0v) is 16.0. The van der Waals surface area contributed by atoms with Crippen LogP contribution in [0.4, 0.5) is 0 Å². The van der Waals surface area contributed by atoms with Gasteiger partial charge < -0.3 is 19.5 Å². The lowest BCUT2D eigenvalue weighted by Crippen LogP contribution is -2.22. The molecule has 3 rings (SSSR count). The van der Waals surface area contributed by atoms with Crippen molar-refractivity contribution in [2.24, 2.45) is 0 Å². The van der Waals surface area contributed by atoms with E-state index in [1.807, 2.05) is 37.3 Å². The maximum absolute atomic E-state index is 12.7. The van der Waals surface area contributed by atoms with Gasteiger partial charge in [-0.25, -0.2) is 0 Å². The van der Waals surface area contributed by atoms with E-state index >= 15 is 0 Å². The van der Waals surface area contributed by atoms with Gasteiger partial charge in [0.25, 0.3) is 5.91 Å². The number of nitrogens with one attached hydrogen (secondary N) is 1. The Balaban J connectivity index is 1.83. The summed E-state index contributed by atoms with van der Waals surface area (Å²) in [5.74, 6) is 1.71. The summed E-state index contributed by atoms with van der Waals surface area (Å²) in [6.07, 6.45) is 0. The lowest BCUT2D eigenvalue weighted by Gasteiger charge is -2.14. The summed E-state index contributed by atoms with van der Waals surface area (Å²) in [6, 6.07) is 11.6. The van der Waals surface area contributed by atoms with E-state index in [9.17, 15) is 4.79 Å². The minimum absolute atomic E-state index is 0.0967. The third-order valence-corrected chi connectivity index (χ3v) is 5.55. The van der Waals surface area contributed by atoms with Crippen LogP contribution in [0.1, 0.15) is 20.8 Å². The molecule has 3 aromatic rings. The third kappa shape index (κ3) is 3.32. The topological polar surface area (TPSA) is 56.8 Å². The van der Waals surface area contributed by atoms with Crippen LogP contribution in [0.3, 0.4) is 0 Å². The molecule has 0 spiro atoms. The summed E-state index contributed by atoms with van der Waals surface area (Å²) in [6.45, 7) is 2.31. The number of aryl methyl sites for hydroxylation is 1. The van der Waals surface area contributed by atoms with Crippen molar-refractivity contribution >= 4 is 27.3 Å². The molecule has 2 aromatic carbocycles. The summed E-state index contributed by atoms with van der Waals surface area (Å²) >= 11 is 1.50. The summed E-state index contributed by atoms with van der Waals surface area (Å²) in [7, 11) is 4.74. The highest BCUT2D eigenvalue weighted by Gasteiger charge is 2.17. The van der Waals surface area contributed by atoms with Gasteiger partial charge in [0.2, 0.25) is 0 Å². The van der Waals surface area contributed by atoms with E-state index in [4.69, 9.17) is 14.2 Å². The summed E-state index contributed by atoms with van der Waals surface area (Å²) in [5, 5.41) is 4.09. The average Bonchev–Trinajstić information content (AvgIpc) is 3.02. The average molecular weight is 371 g/mol. The van der Waals surface area contributed by atoms with Gasteiger partial charge in [-0.15, -0.1) is 11.3 Å². The number of benzene rings is 2. The molecule has 6 heteroatoms. The molecular formula is C20H21NO4S. The van der Waals surface area contributed by atoms with Crippen molar-refractivity contribution in [1.82, 2.24) is 5.32 Å². The van der Waals surface area contributed by atoms with Gasteiger partial charge in [0.15, 0.2) is 11.5 Å². The number of amides is 1. The highest BCUT2D eigenvalue weighted by Crippen LogP contribution is 2.35. The van der Waals surface area contributed by atoms with E-state index in [1.54, 1.807) is 27.4 Å². The van der Waals surface area contributed by atoms with E-state index in [0.717, 1.165) is 26.1 Å². The number of ether oxygens (including phenoxy) is 3. The predicted octanol–water partition coefficient (Wildman–Crippen LogP) is 4.17. The molecule has 0 saturated carbocycles. The fourth-order valence-electron chi connectivity index (χ4n) is 2.88. The Labute approximate surface area is 156 Å². The highest BCUT2D eigenvalue weighted by molar-refractivity contribution is 7.21. The first-order valence-electron chi connectivity index (χ1n) is 8.14. The molecule has 5 nitrogen and oxygen atoms in total. The van der Waals surface area contributed by atoms with Gasteiger partial charge in [-0.1, -0.05) is 18.2 Å². The molecule has 0 aliphatic carbocycles. The maximum atomic E-state index is 12.7. The number of carbonyl (C=O) groups is 1. The molecular weight excluding hydrogens is 350 g/mol. The molecule has 136 valence electrons. The first-order valence-corrected chi connectivity index (χ1v) is 8.96. The molecule has 0 unspecified atom stereocenters. The summed E-state index contributed by atoms with van der Waals surface area (Å²) in [4.78, 5) is 13.4. The van der Waals surface area contributed by atoms with Crippen LogP contribution in [0.2, 0.25) is 0 Å². The molecule has 1 amide bonds. The number of fused-ring (bicyclic) bond motifs is 1. The standard InChI is InChI=1S/C20H21NO4S/c1-12-14-7-5-6-8-18(14)26-19(12)20(22)21-11-13-9-16(24-3)17(25-4)10-15(13)23-2/h5-10H,11H2,1-4H3,(H,21,22). The first kappa shape index (κ1) is 18.1. The van der Waals surface area contributed by atoms with Crippen LogP contribution in [0.25, 0.3) is 10.1 Å². The monoisotopic (exact) mass is 371 g/mol. The number of thiophene rings is 1. The quantitative estimate of drug-likeness (QED) is 0.707. The van der Waals surface area contributed by atoms with Crippen LogP contribution in [0.5, 0.6) is 17.2 Å². The minimum atomic E-state index is -0.0967. The highest BCUT2D eigenvalue weighted by atomic mass is 32.1. The lowest BCUT2D eigenvalue weighted by atomic mass is 10.1. The third-order valence-electron chi connectivity index (χ3n) is 4.28. The Morgan fingerprint density at radius 2 is 1.65 bits per heavy atom. The second-order valence-electron chi connectivity index (χ2n) is 5.75. The minimum Gasteiger partial charge on any atom is -0.496 e. The molecule has 0 radical (unpaired) electrons. The van der Waals surface area contributed by atoms with E-state index in [2.05, 4.69) is 5.32 Å². The van der Waals surface area contributed by atoms with Crippen molar-refractivity contribution in [3.05, 3.63) is 52.4 Å². The number of methoxy groups -OCH3 is 3. The van der Waals surface area contributed by atoms with Gasteiger partial charge in [0.1, 0.15) is 5.75 Å². The fourth-order valence-corrected chi connectivity index (χ4v) is 4.00. The predicted molar refractivity (Wildman–Crippen MR) is 104 cm³/mol. The smallest absolute Gasteiger partial charge is 0.261 e. The molecule has 1 heterocycles. The van der Waals surface area contributed by atoms with Crippen LogP contribution in [0, 0.1) is 6.92 Å². The largest absolute Gasteiger partial charge is 0.496 e. The molecule has 0 aliphatic heterocycles. The van der Waals surface area contributed by atoms with Gasteiger partial charge in [-0.3, -0.25) is 4.79 Å². The molecule has 26 heavy (non-hydrogen) atoms. The Kier molecular flexibility index (Phi) is 5.32. The van der Waals surface area contributed by atoms with Crippen molar-refractivity contribution in [2.45, 2.75) is 13.5 Å². The van der Waals surface area contributed by atoms with Gasteiger partial charge >= 0.3 is 0 Å². The summed E-state index contributed by atoms with van der Waals surface area (Å²) < 4.78 is 17.1. The first-order chi connectivity index (χ1) is 12.6. The van der Waals surface area contributed by atoms with Crippen LogP contribution in [-0.4, -0.2) is 27.2 Å². The van der Waals surface area contributed by atoms with Crippen LogP contribution < -0.4 is 19.5 Å². The van der Waals surface area contributed by atoms with E-state index in [0.29, 0.717) is 23.8 Å². The molecule has 0 atom stereocenters. The number of hydrogen-bond donors (Lipinski definition) is 1. The van der Waals surface area contributed by atoms with E-state index in [1.165, 1.54) is 11.3 Å². The number of hydrogen-bond acceptors (Lipinski definition) is 5. The second-order valence-corrected chi connectivity index (χ2v) is 6.81. The molecule has 1 aromatic heterocycles. The molecule has 0 fully saturated rings. The zero-order chi connectivity index (χ0) is 18.7. The van der Waals surface area contributed by atoms with Crippen molar-refractivity contribution in [2.75, 3.05) is 21.3 Å². The second kappa shape index (κ2) is 7.66. The van der Waals surface area contributed by atoms with E-state index in [-0.39, 0.29) is 5.91 Å². The maximum Gasteiger partial charge on any atom is 0.261 e. The van der Waals surface area contributed by atoms with Crippen molar-refractivity contribution in [3.8, 4) is 17.2 Å². The Hall–Kier alpha value is -2.73. The van der Waals surface area contributed by atoms with Crippen LogP contribution in [0.15, 0.2) is 36.4 Å². The van der Waals surface area contributed by atoms with Gasteiger partial charge in [0.05, 0.1) is 26.2 Å². The van der Waals surface area contributed by atoms with Gasteiger partial charge in [-0.05, 0) is 30.0 Å². The molecule has 0 saturated heterocycles. The normalized spacial score (nSPS) is 10.6. The number of rotatable bonds is 6. The SMILES string of the molecule is COc1cc(OC)c(OC)cc1CNC(=O)c1sc2ccccc2c1C. The van der Waals surface area contributed by atoms with Crippen LogP contribution >= 0.6 is 11.3 Å². The Morgan fingerprint density at radius 1 is 1.00 bits per heavy atom. The van der Waals surface area contributed by atoms with Crippen molar-refractivity contribution in [1.29, 1.82) is 0 Å². The van der Waals surface area contributed by atoms with Crippen molar-refractivity contribution < 1.29 is 19.0 Å². The zero-order valence-electron chi connectivity index (χ0n) is 15.2. The molecule has 0 aliphatic rings. The number of carbonyl (C=O) groups excluding carboxylic acids is 1. The lowest BCUT2D eigenvalue weighted by molar-refractivity contribution is 0.0954. The van der Waals surface area contributed by atoms with Gasteiger partial charge in [0, 0.05) is 22.9 Å². The summed E-state index contributed by atoms with van der Waals surface area (Å²) in [5.41, 5.74) is 1.82. The molecule has 1 N–H and O–H groups in total. The van der Waals surface area contributed by atoms with E-state index < -0.39 is 0 Å². The molecule has 0 bridgehead atoms.